The zero-order valence-corrected chi connectivity index (χ0v) is 20.3. The summed E-state index contributed by atoms with van der Waals surface area (Å²) in [5.41, 5.74) is 1.35. The van der Waals surface area contributed by atoms with Crippen molar-refractivity contribution in [2.75, 3.05) is 11.4 Å². The fraction of sp³-hybridized carbons (Fsp3) is 0.370. The van der Waals surface area contributed by atoms with E-state index >= 15 is 0 Å². The molecular formula is C27H31N5O3. The normalized spacial score (nSPS) is 12.9. The van der Waals surface area contributed by atoms with E-state index in [4.69, 9.17) is 9.72 Å². The highest BCUT2D eigenvalue weighted by Gasteiger charge is 2.28. The van der Waals surface area contributed by atoms with Gasteiger partial charge in [0.15, 0.2) is 11.2 Å². The smallest absolute Gasteiger partial charge is 0.332 e. The molecule has 0 bridgehead atoms. The first-order chi connectivity index (χ1) is 17.1. The Morgan fingerprint density at radius 3 is 2.34 bits per heavy atom. The molecule has 4 aromatic rings. The molecule has 0 amide bonds. The SMILES string of the molecule is CCCCCCCn1c(=O)c2c(nc3n2CCN3c2ccc(Oc3ccccc3)cc2)n(C)c1=O. The maximum atomic E-state index is 13.4. The largest absolute Gasteiger partial charge is 0.457 e. The Morgan fingerprint density at radius 2 is 1.60 bits per heavy atom. The van der Waals surface area contributed by atoms with Crippen LogP contribution in [-0.4, -0.2) is 25.2 Å². The van der Waals surface area contributed by atoms with Crippen molar-refractivity contribution in [3.8, 4) is 11.5 Å². The Balaban J connectivity index is 1.42. The van der Waals surface area contributed by atoms with Crippen molar-refractivity contribution in [3.63, 3.8) is 0 Å². The van der Waals surface area contributed by atoms with Crippen molar-refractivity contribution in [2.45, 2.75) is 52.1 Å². The molecule has 0 aliphatic carbocycles. The molecule has 1 aliphatic heterocycles. The van der Waals surface area contributed by atoms with Crippen molar-refractivity contribution >= 4 is 22.8 Å². The Labute approximate surface area is 204 Å². The zero-order valence-electron chi connectivity index (χ0n) is 20.3. The summed E-state index contributed by atoms with van der Waals surface area (Å²) in [6.45, 7) is 3.96. The average molecular weight is 474 g/mol. The van der Waals surface area contributed by atoms with E-state index in [1.807, 2.05) is 59.2 Å². The molecule has 8 nitrogen and oxygen atoms in total. The lowest BCUT2D eigenvalue weighted by Crippen LogP contribution is -2.39. The number of nitrogens with zero attached hydrogens (tertiary/aromatic N) is 5. The number of ether oxygens (including phenoxy) is 1. The Bertz CT molecular complexity index is 1430. The number of benzene rings is 2. The first-order valence-electron chi connectivity index (χ1n) is 12.4. The van der Waals surface area contributed by atoms with Crippen molar-refractivity contribution in [3.05, 3.63) is 75.4 Å². The number of imidazole rings is 1. The summed E-state index contributed by atoms with van der Waals surface area (Å²) < 4.78 is 10.7. The topological polar surface area (TPSA) is 74.3 Å². The molecule has 3 heterocycles. The van der Waals surface area contributed by atoms with Crippen LogP contribution >= 0.6 is 0 Å². The quantitative estimate of drug-likeness (QED) is 0.326. The number of unbranched alkanes of at least 4 members (excludes halogenated alkanes) is 4. The van der Waals surface area contributed by atoms with Crippen molar-refractivity contribution in [2.24, 2.45) is 7.05 Å². The molecule has 0 unspecified atom stereocenters. The first kappa shape index (κ1) is 23.0. The van der Waals surface area contributed by atoms with Gasteiger partial charge in [-0.3, -0.25) is 13.9 Å². The third-order valence-electron chi connectivity index (χ3n) is 6.61. The van der Waals surface area contributed by atoms with E-state index < -0.39 is 0 Å². The molecule has 0 saturated carbocycles. The van der Waals surface area contributed by atoms with Crippen LogP contribution in [0.1, 0.15) is 39.0 Å². The lowest BCUT2D eigenvalue weighted by molar-refractivity contribution is 0.482. The molecule has 1 aliphatic rings. The lowest BCUT2D eigenvalue weighted by Gasteiger charge is -2.16. The Hall–Kier alpha value is -3.81. The van der Waals surface area contributed by atoms with Crippen LogP contribution in [0.25, 0.3) is 11.2 Å². The van der Waals surface area contributed by atoms with E-state index in [1.165, 1.54) is 15.6 Å². The third-order valence-corrected chi connectivity index (χ3v) is 6.61. The number of para-hydroxylation sites is 1. The summed E-state index contributed by atoms with van der Waals surface area (Å²) in [6, 6.07) is 17.5. The predicted octanol–water partition coefficient (Wildman–Crippen LogP) is 4.81. The number of rotatable bonds is 9. The molecule has 0 saturated heterocycles. The van der Waals surface area contributed by atoms with E-state index in [0.29, 0.717) is 36.7 Å². The molecule has 5 rings (SSSR count). The van der Waals surface area contributed by atoms with Gasteiger partial charge in [0.1, 0.15) is 11.5 Å². The average Bonchev–Trinajstić information content (AvgIpc) is 3.45. The Kier molecular flexibility index (Phi) is 6.44. The van der Waals surface area contributed by atoms with Gasteiger partial charge in [0, 0.05) is 32.4 Å². The first-order valence-corrected chi connectivity index (χ1v) is 12.4. The highest BCUT2D eigenvalue weighted by atomic mass is 16.5. The van der Waals surface area contributed by atoms with Crippen LogP contribution in [0.5, 0.6) is 11.5 Å². The van der Waals surface area contributed by atoms with E-state index in [2.05, 4.69) is 11.8 Å². The molecule has 0 spiro atoms. The minimum absolute atomic E-state index is 0.245. The monoisotopic (exact) mass is 473 g/mol. The van der Waals surface area contributed by atoms with Gasteiger partial charge in [-0.1, -0.05) is 50.8 Å². The van der Waals surface area contributed by atoms with E-state index in [1.54, 1.807) is 7.05 Å². The van der Waals surface area contributed by atoms with Crippen LogP contribution in [-0.2, 0) is 20.1 Å². The molecule has 2 aromatic carbocycles. The summed E-state index contributed by atoms with van der Waals surface area (Å²) in [5, 5.41) is 0. The highest BCUT2D eigenvalue weighted by Crippen LogP contribution is 2.33. The standard InChI is InChI=1S/C27H31N5O3/c1-3-4-5-6-10-17-32-25(33)23-24(29(2)27(32)34)28-26-30(18-19-31(23)26)20-13-15-22(16-14-20)35-21-11-8-7-9-12-21/h7-9,11-16H,3-6,10,17-19H2,1-2H3. The second-order valence-electron chi connectivity index (χ2n) is 9.01. The molecule has 182 valence electrons. The third kappa shape index (κ3) is 4.36. The molecule has 0 fully saturated rings. The molecule has 0 atom stereocenters. The van der Waals surface area contributed by atoms with Crippen LogP contribution in [0, 0.1) is 0 Å². The predicted molar refractivity (Wildman–Crippen MR) is 138 cm³/mol. The number of anilines is 2. The van der Waals surface area contributed by atoms with Crippen molar-refractivity contribution < 1.29 is 4.74 Å². The van der Waals surface area contributed by atoms with Gasteiger partial charge < -0.3 is 14.2 Å². The van der Waals surface area contributed by atoms with Gasteiger partial charge in [0.2, 0.25) is 5.95 Å². The second-order valence-corrected chi connectivity index (χ2v) is 9.01. The van der Waals surface area contributed by atoms with Crippen LogP contribution in [0.4, 0.5) is 11.6 Å². The molecule has 35 heavy (non-hydrogen) atoms. The van der Waals surface area contributed by atoms with Crippen LogP contribution in [0.15, 0.2) is 64.2 Å². The van der Waals surface area contributed by atoms with Gasteiger partial charge in [0.05, 0.1) is 0 Å². The summed E-state index contributed by atoms with van der Waals surface area (Å²) in [5.74, 6) is 2.21. The van der Waals surface area contributed by atoms with Gasteiger partial charge >= 0.3 is 5.69 Å². The number of hydrogen-bond donors (Lipinski definition) is 0. The fourth-order valence-electron chi connectivity index (χ4n) is 4.71. The summed E-state index contributed by atoms with van der Waals surface area (Å²) in [6.07, 6.45) is 5.31. The van der Waals surface area contributed by atoms with Crippen molar-refractivity contribution in [1.29, 1.82) is 0 Å². The number of hydrogen-bond acceptors (Lipinski definition) is 5. The van der Waals surface area contributed by atoms with Crippen LogP contribution in [0.3, 0.4) is 0 Å². The molecule has 0 N–H and O–H groups in total. The second kappa shape index (κ2) is 9.82. The number of aryl methyl sites for hydroxylation is 1. The van der Waals surface area contributed by atoms with Gasteiger partial charge in [-0.2, -0.15) is 4.98 Å². The maximum Gasteiger partial charge on any atom is 0.332 e. The number of fused-ring (bicyclic) bond motifs is 3. The minimum Gasteiger partial charge on any atom is -0.457 e. The highest BCUT2D eigenvalue weighted by molar-refractivity contribution is 5.77. The fourth-order valence-corrected chi connectivity index (χ4v) is 4.71. The molecule has 0 radical (unpaired) electrons. The van der Waals surface area contributed by atoms with E-state index in [9.17, 15) is 9.59 Å². The summed E-state index contributed by atoms with van der Waals surface area (Å²) in [7, 11) is 1.69. The van der Waals surface area contributed by atoms with E-state index in [-0.39, 0.29) is 11.2 Å². The van der Waals surface area contributed by atoms with Crippen LogP contribution < -0.4 is 20.9 Å². The van der Waals surface area contributed by atoms with E-state index in [0.717, 1.165) is 42.9 Å². The molecule has 2 aromatic heterocycles. The zero-order chi connectivity index (χ0) is 24.4. The molecular weight excluding hydrogens is 442 g/mol. The molecule has 8 heteroatoms. The Morgan fingerprint density at radius 1 is 0.886 bits per heavy atom. The lowest BCUT2D eigenvalue weighted by atomic mass is 10.1. The summed E-state index contributed by atoms with van der Waals surface area (Å²) >= 11 is 0. The van der Waals surface area contributed by atoms with Gasteiger partial charge in [-0.05, 0) is 42.8 Å². The van der Waals surface area contributed by atoms with Gasteiger partial charge in [-0.25, -0.2) is 4.79 Å². The maximum absolute atomic E-state index is 13.4. The minimum atomic E-state index is -0.302. The van der Waals surface area contributed by atoms with Crippen molar-refractivity contribution in [1.82, 2.24) is 18.7 Å². The van der Waals surface area contributed by atoms with Gasteiger partial charge in [0.25, 0.3) is 5.56 Å². The van der Waals surface area contributed by atoms with Crippen LogP contribution in [0.2, 0.25) is 0 Å². The summed E-state index contributed by atoms with van der Waals surface area (Å²) in [4.78, 5) is 33.1. The van der Waals surface area contributed by atoms with Gasteiger partial charge in [-0.15, -0.1) is 0 Å². The number of aromatic nitrogens is 4.